The van der Waals surface area contributed by atoms with Crippen LogP contribution in [0.15, 0.2) is 97.1 Å². The Hall–Kier alpha value is -4.54. The van der Waals surface area contributed by atoms with Crippen LogP contribution in [0, 0.1) is 0 Å². The first-order valence-electron chi connectivity index (χ1n) is 18.6. The average molecular weight is 737 g/mol. The minimum atomic E-state index is -0.254. The number of anilines is 1. The van der Waals surface area contributed by atoms with Crippen LogP contribution in [-0.4, -0.2) is 93.9 Å². The number of fused-ring (bicyclic) bond motifs is 1. The van der Waals surface area contributed by atoms with Crippen molar-refractivity contribution in [2.45, 2.75) is 31.7 Å². The monoisotopic (exact) mass is 736 g/mol. The predicted octanol–water partition coefficient (Wildman–Crippen LogP) is 7.89. The van der Waals surface area contributed by atoms with Gasteiger partial charge in [0.15, 0.2) is 13.6 Å². The largest absolute Gasteiger partial charge is 0.468 e. The molecular formula is C43H49ClN4O5. The molecule has 0 saturated carbocycles. The number of halogens is 1. The SMILES string of the molecule is COCOc1ccc(C(c2ccc(OCOC)cc2)c2c(C(=O)N3CCN(c4ccccc4Cl)CC3)n(CCCN3CCCC3)c3ccccc23)cc1. The van der Waals surface area contributed by atoms with Crippen LogP contribution in [0.5, 0.6) is 11.5 Å². The molecule has 1 aromatic heterocycles. The van der Waals surface area contributed by atoms with E-state index in [0.29, 0.717) is 26.2 Å². The van der Waals surface area contributed by atoms with E-state index < -0.39 is 0 Å². The van der Waals surface area contributed by atoms with E-state index in [1.54, 1.807) is 14.2 Å². The Morgan fingerprint density at radius 1 is 0.698 bits per heavy atom. The number of aryl methyl sites for hydroxylation is 1. The third-order valence-corrected chi connectivity index (χ3v) is 10.7. The van der Waals surface area contributed by atoms with Crippen molar-refractivity contribution in [1.82, 2.24) is 14.4 Å². The van der Waals surface area contributed by atoms with Crippen molar-refractivity contribution in [2.24, 2.45) is 0 Å². The van der Waals surface area contributed by atoms with E-state index in [1.165, 1.54) is 12.8 Å². The number of carbonyl (C=O) groups is 1. The van der Waals surface area contributed by atoms with Gasteiger partial charge >= 0.3 is 0 Å². The maximum Gasteiger partial charge on any atom is 0.270 e. The molecule has 1 amide bonds. The Bertz CT molecular complexity index is 1900. The molecule has 0 radical (unpaired) electrons. The maximum atomic E-state index is 15.2. The van der Waals surface area contributed by atoms with Crippen LogP contribution in [0.25, 0.3) is 10.9 Å². The normalized spacial score (nSPS) is 15.1. The second-order valence-corrected chi connectivity index (χ2v) is 14.1. The molecule has 0 atom stereocenters. The number of hydrogen-bond donors (Lipinski definition) is 0. The fourth-order valence-corrected chi connectivity index (χ4v) is 8.10. The van der Waals surface area contributed by atoms with E-state index in [-0.39, 0.29) is 25.4 Å². The van der Waals surface area contributed by atoms with Gasteiger partial charge in [0, 0.05) is 69.3 Å². The lowest BCUT2D eigenvalue weighted by Gasteiger charge is -2.37. The van der Waals surface area contributed by atoms with Crippen LogP contribution in [-0.2, 0) is 16.0 Å². The predicted molar refractivity (Wildman–Crippen MR) is 211 cm³/mol. The molecule has 7 rings (SSSR count). The quantitative estimate of drug-likeness (QED) is 0.101. The summed E-state index contributed by atoms with van der Waals surface area (Å²) in [6, 6.07) is 32.7. The molecule has 2 saturated heterocycles. The number of benzene rings is 4. The second-order valence-electron chi connectivity index (χ2n) is 13.7. The van der Waals surface area contributed by atoms with Crippen LogP contribution in [0.3, 0.4) is 0 Å². The molecule has 10 heteroatoms. The third-order valence-electron chi connectivity index (χ3n) is 10.4. The molecular weight excluding hydrogens is 688 g/mol. The first-order valence-corrected chi connectivity index (χ1v) is 19.0. The van der Waals surface area contributed by atoms with Crippen LogP contribution < -0.4 is 14.4 Å². The topological polar surface area (TPSA) is 68.6 Å². The fourth-order valence-electron chi connectivity index (χ4n) is 7.85. The summed E-state index contributed by atoms with van der Waals surface area (Å²) in [5.41, 5.74) is 5.95. The standard InChI is InChI=1S/C43H49ClN4O5/c1-50-30-52-34-18-14-32(15-19-34)40(33-16-20-35(21-17-33)53-31-51-2)41-36-10-3-5-12-38(36)48(25-9-24-45-22-7-8-23-45)42(41)43(49)47-28-26-46(27-29-47)39-13-6-4-11-37(39)44/h3-6,10-21,40H,7-9,22-31H2,1-2H3. The number of carbonyl (C=O) groups excluding carboxylic acids is 1. The first kappa shape index (κ1) is 36.8. The number of likely N-dealkylation sites (tertiary alicyclic amines) is 1. The van der Waals surface area contributed by atoms with Gasteiger partial charge in [-0.1, -0.05) is 66.2 Å². The van der Waals surface area contributed by atoms with E-state index in [2.05, 4.69) is 69.0 Å². The Balaban J connectivity index is 1.32. The fraction of sp³-hybridized carbons (Fsp3) is 0.372. The van der Waals surface area contributed by atoms with Crippen LogP contribution in [0.1, 0.15) is 52.4 Å². The minimum absolute atomic E-state index is 0.0567. The summed E-state index contributed by atoms with van der Waals surface area (Å²) in [7, 11) is 3.22. The summed E-state index contributed by atoms with van der Waals surface area (Å²) in [5, 5.41) is 1.81. The lowest BCUT2D eigenvalue weighted by atomic mass is 9.83. The van der Waals surface area contributed by atoms with E-state index in [4.69, 9.17) is 30.5 Å². The number of rotatable bonds is 15. The van der Waals surface area contributed by atoms with Gasteiger partial charge < -0.3 is 38.2 Å². The molecule has 2 aliphatic rings. The first-order chi connectivity index (χ1) is 26.1. The maximum absolute atomic E-state index is 15.2. The minimum Gasteiger partial charge on any atom is -0.468 e. The number of amides is 1. The number of methoxy groups -OCH3 is 2. The molecule has 3 heterocycles. The van der Waals surface area contributed by atoms with Crippen molar-refractivity contribution in [3.05, 3.63) is 124 Å². The molecule has 4 aromatic carbocycles. The highest BCUT2D eigenvalue weighted by Crippen LogP contribution is 2.42. The highest BCUT2D eigenvalue weighted by atomic mass is 35.5. The Kier molecular flexibility index (Phi) is 12.2. The molecule has 2 aliphatic heterocycles. The van der Waals surface area contributed by atoms with Crippen molar-refractivity contribution in [3.63, 3.8) is 0 Å². The third kappa shape index (κ3) is 8.34. The number of ether oxygens (including phenoxy) is 4. The van der Waals surface area contributed by atoms with E-state index in [1.807, 2.05) is 47.4 Å². The van der Waals surface area contributed by atoms with Crippen LogP contribution in [0.2, 0.25) is 5.02 Å². The van der Waals surface area contributed by atoms with Crippen LogP contribution >= 0.6 is 11.6 Å². The molecule has 0 N–H and O–H groups in total. The van der Waals surface area contributed by atoms with Gasteiger partial charge in [-0.05, 0) is 92.5 Å². The summed E-state index contributed by atoms with van der Waals surface area (Å²) in [5.74, 6) is 1.24. The molecule has 0 unspecified atom stereocenters. The van der Waals surface area contributed by atoms with E-state index >= 15 is 4.79 Å². The van der Waals surface area contributed by atoms with Gasteiger partial charge in [0.1, 0.15) is 17.2 Å². The van der Waals surface area contributed by atoms with Gasteiger partial charge in [-0.25, -0.2) is 0 Å². The number of piperazine rings is 1. The zero-order chi connectivity index (χ0) is 36.6. The molecule has 278 valence electrons. The zero-order valence-electron chi connectivity index (χ0n) is 30.7. The summed E-state index contributed by atoms with van der Waals surface area (Å²) in [6.07, 6.45) is 3.47. The van der Waals surface area contributed by atoms with Crippen molar-refractivity contribution < 1.29 is 23.7 Å². The summed E-state index contributed by atoms with van der Waals surface area (Å²) in [4.78, 5) is 22.1. The number of nitrogens with zero attached hydrogens (tertiary/aromatic N) is 4. The molecule has 5 aromatic rings. The Morgan fingerprint density at radius 3 is 1.89 bits per heavy atom. The smallest absolute Gasteiger partial charge is 0.270 e. The highest BCUT2D eigenvalue weighted by molar-refractivity contribution is 6.33. The van der Waals surface area contributed by atoms with Gasteiger partial charge in [0.25, 0.3) is 5.91 Å². The van der Waals surface area contributed by atoms with Gasteiger partial charge in [0.05, 0.1) is 10.7 Å². The Labute approximate surface area is 317 Å². The molecule has 0 aliphatic carbocycles. The van der Waals surface area contributed by atoms with Crippen LogP contribution in [0.4, 0.5) is 5.69 Å². The van der Waals surface area contributed by atoms with Gasteiger partial charge in [-0.3, -0.25) is 4.79 Å². The van der Waals surface area contributed by atoms with E-state index in [9.17, 15) is 0 Å². The zero-order valence-corrected chi connectivity index (χ0v) is 31.5. The highest BCUT2D eigenvalue weighted by Gasteiger charge is 2.34. The number of aromatic nitrogens is 1. The summed E-state index contributed by atoms with van der Waals surface area (Å²) < 4.78 is 24.2. The number of hydrogen-bond acceptors (Lipinski definition) is 7. The summed E-state index contributed by atoms with van der Waals surface area (Å²) in [6.45, 7) is 6.99. The van der Waals surface area contributed by atoms with Crippen molar-refractivity contribution in [2.75, 3.05) is 78.5 Å². The molecule has 2 fully saturated rings. The van der Waals surface area contributed by atoms with Gasteiger partial charge in [-0.2, -0.15) is 0 Å². The lowest BCUT2D eigenvalue weighted by Crippen LogP contribution is -2.49. The van der Waals surface area contributed by atoms with Crippen molar-refractivity contribution in [1.29, 1.82) is 0 Å². The lowest BCUT2D eigenvalue weighted by molar-refractivity contribution is 0.0509. The van der Waals surface area contributed by atoms with E-state index in [0.717, 1.165) is 88.1 Å². The second kappa shape index (κ2) is 17.5. The van der Waals surface area contributed by atoms with Crippen molar-refractivity contribution >= 4 is 34.1 Å². The number of para-hydroxylation sites is 2. The van der Waals surface area contributed by atoms with Gasteiger partial charge in [0.2, 0.25) is 0 Å². The average Bonchev–Trinajstić information content (AvgIpc) is 3.84. The molecule has 0 spiro atoms. The molecule has 9 nitrogen and oxygen atoms in total. The summed E-state index contributed by atoms with van der Waals surface area (Å²) >= 11 is 6.60. The Morgan fingerprint density at radius 2 is 1.28 bits per heavy atom. The molecule has 0 bridgehead atoms. The van der Waals surface area contributed by atoms with Crippen molar-refractivity contribution in [3.8, 4) is 11.5 Å². The van der Waals surface area contributed by atoms with Gasteiger partial charge in [-0.15, -0.1) is 0 Å². The molecule has 53 heavy (non-hydrogen) atoms.